The standard InChI is InChI=1S/C22H22N2O6/c1-14-7-5-6-8-16(14)22-23-19(30-24-22)13-29-20(25)10-9-15-11-17(26-2)21(28-4)18(12-15)27-3/h5-12H,13H2,1-4H3/b10-9+. The molecule has 30 heavy (non-hydrogen) atoms. The van der Waals surface area contributed by atoms with E-state index in [1.54, 1.807) is 18.2 Å². The van der Waals surface area contributed by atoms with E-state index < -0.39 is 5.97 Å². The molecule has 0 aliphatic carbocycles. The maximum absolute atomic E-state index is 12.1. The highest BCUT2D eigenvalue weighted by molar-refractivity contribution is 5.87. The van der Waals surface area contributed by atoms with Gasteiger partial charge in [0.05, 0.1) is 21.3 Å². The molecule has 156 valence electrons. The van der Waals surface area contributed by atoms with Crippen molar-refractivity contribution in [2.75, 3.05) is 21.3 Å². The van der Waals surface area contributed by atoms with E-state index >= 15 is 0 Å². The molecule has 0 atom stereocenters. The van der Waals surface area contributed by atoms with Gasteiger partial charge in [-0.3, -0.25) is 0 Å². The molecule has 8 nitrogen and oxygen atoms in total. The number of carbonyl (C=O) groups is 1. The van der Waals surface area contributed by atoms with Crippen LogP contribution in [-0.2, 0) is 16.1 Å². The number of carbonyl (C=O) groups excluding carboxylic acids is 1. The number of aryl methyl sites for hydroxylation is 1. The zero-order valence-corrected chi connectivity index (χ0v) is 17.2. The molecule has 0 saturated carbocycles. The van der Waals surface area contributed by atoms with Gasteiger partial charge in [0, 0.05) is 11.6 Å². The average molecular weight is 410 g/mol. The van der Waals surface area contributed by atoms with E-state index in [0.29, 0.717) is 28.6 Å². The number of aromatic nitrogens is 2. The van der Waals surface area contributed by atoms with Gasteiger partial charge in [-0.2, -0.15) is 4.98 Å². The first-order valence-electron chi connectivity index (χ1n) is 9.09. The summed E-state index contributed by atoms with van der Waals surface area (Å²) in [5.41, 5.74) is 2.57. The van der Waals surface area contributed by atoms with Crippen LogP contribution in [0.4, 0.5) is 0 Å². The van der Waals surface area contributed by atoms with Crippen molar-refractivity contribution < 1.29 is 28.3 Å². The molecule has 0 fully saturated rings. The first-order chi connectivity index (χ1) is 14.5. The van der Waals surface area contributed by atoms with Crippen molar-refractivity contribution in [3.8, 4) is 28.6 Å². The topological polar surface area (TPSA) is 92.9 Å². The lowest BCUT2D eigenvalue weighted by atomic mass is 10.1. The minimum atomic E-state index is -0.556. The van der Waals surface area contributed by atoms with Crippen molar-refractivity contribution in [3.05, 3.63) is 59.5 Å². The molecule has 0 spiro atoms. The van der Waals surface area contributed by atoms with Crippen LogP contribution in [-0.4, -0.2) is 37.4 Å². The Bertz CT molecular complexity index is 1030. The van der Waals surface area contributed by atoms with E-state index in [9.17, 15) is 4.79 Å². The van der Waals surface area contributed by atoms with Crippen molar-refractivity contribution in [1.29, 1.82) is 0 Å². The molecule has 2 aromatic carbocycles. The fourth-order valence-corrected chi connectivity index (χ4v) is 2.79. The number of esters is 1. The number of rotatable bonds is 8. The van der Waals surface area contributed by atoms with Gasteiger partial charge in [0.25, 0.3) is 5.89 Å². The van der Waals surface area contributed by atoms with E-state index in [4.69, 9.17) is 23.5 Å². The first-order valence-corrected chi connectivity index (χ1v) is 9.09. The summed E-state index contributed by atoms with van der Waals surface area (Å²) < 4.78 is 26.2. The third kappa shape index (κ3) is 4.78. The molecular formula is C22H22N2O6. The van der Waals surface area contributed by atoms with Gasteiger partial charge in [0.2, 0.25) is 11.6 Å². The number of methoxy groups -OCH3 is 3. The van der Waals surface area contributed by atoms with E-state index in [1.165, 1.54) is 27.4 Å². The fraction of sp³-hybridized carbons (Fsp3) is 0.227. The normalized spacial score (nSPS) is 10.8. The number of benzene rings is 2. The maximum atomic E-state index is 12.1. The average Bonchev–Trinajstić information content (AvgIpc) is 3.24. The van der Waals surface area contributed by atoms with E-state index in [1.807, 2.05) is 31.2 Å². The molecule has 0 N–H and O–H groups in total. The largest absolute Gasteiger partial charge is 0.493 e. The molecule has 0 aliphatic rings. The fourth-order valence-electron chi connectivity index (χ4n) is 2.79. The third-order valence-electron chi connectivity index (χ3n) is 4.29. The summed E-state index contributed by atoms with van der Waals surface area (Å²) in [6, 6.07) is 11.1. The third-order valence-corrected chi connectivity index (χ3v) is 4.29. The summed E-state index contributed by atoms with van der Waals surface area (Å²) in [7, 11) is 4.57. The van der Waals surface area contributed by atoms with Crippen LogP contribution in [0.2, 0.25) is 0 Å². The van der Waals surface area contributed by atoms with Gasteiger partial charge >= 0.3 is 5.97 Å². The Morgan fingerprint density at radius 3 is 2.40 bits per heavy atom. The monoisotopic (exact) mass is 410 g/mol. The molecule has 1 aromatic heterocycles. The van der Waals surface area contributed by atoms with Crippen molar-refractivity contribution >= 4 is 12.0 Å². The SMILES string of the molecule is COc1cc(/C=C/C(=O)OCc2nc(-c3ccccc3C)no2)cc(OC)c1OC. The van der Waals surface area contributed by atoms with Gasteiger partial charge in [-0.05, 0) is 36.3 Å². The molecule has 0 unspecified atom stereocenters. The Kier molecular flexibility index (Phi) is 6.69. The molecule has 3 rings (SSSR count). The summed E-state index contributed by atoms with van der Waals surface area (Å²) >= 11 is 0. The molecule has 3 aromatic rings. The molecule has 0 radical (unpaired) electrons. The highest BCUT2D eigenvalue weighted by Crippen LogP contribution is 2.38. The Morgan fingerprint density at radius 2 is 1.77 bits per heavy atom. The van der Waals surface area contributed by atoms with Crippen LogP contribution in [0, 0.1) is 6.92 Å². The molecule has 0 aliphatic heterocycles. The summed E-state index contributed by atoms with van der Waals surface area (Å²) in [4.78, 5) is 16.3. The van der Waals surface area contributed by atoms with Crippen LogP contribution < -0.4 is 14.2 Å². The van der Waals surface area contributed by atoms with Crippen LogP contribution in [0.3, 0.4) is 0 Å². The Hall–Kier alpha value is -3.81. The molecule has 0 amide bonds. The zero-order valence-electron chi connectivity index (χ0n) is 17.2. The lowest BCUT2D eigenvalue weighted by molar-refractivity contribution is -0.139. The van der Waals surface area contributed by atoms with Crippen molar-refractivity contribution in [2.45, 2.75) is 13.5 Å². The van der Waals surface area contributed by atoms with Gasteiger partial charge in [-0.25, -0.2) is 4.79 Å². The summed E-state index contributed by atoms with van der Waals surface area (Å²) in [6.07, 6.45) is 2.87. The van der Waals surface area contributed by atoms with Gasteiger partial charge in [0.1, 0.15) is 0 Å². The van der Waals surface area contributed by atoms with E-state index in [2.05, 4.69) is 10.1 Å². The van der Waals surface area contributed by atoms with Gasteiger partial charge in [-0.15, -0.1) is 0 Å². The number of hydrogen-bond donors (Lipinski definition) is 0. The van der Waals surface area contributed by atoms with Crippen LogP contribution >= 0.6 is 0 Å². The van der Waals surface area contributed by atoms with Gasteiger partial charge in [-0.1, -0.05) is 29.4 Å². The van der Waals surface area contributed by atoms with Gasteiger partial charge < -0.3 is 23.5 Å². The Morgan fingerprint density at radius 1 is 1.07 bits per heavy atom. The second-order valence-corrected chi connectivity index (χ2v) is 6.23. The minimum Gasteiger partial charge on any atom is -0.493 e. The smallest absolute Gasteiger partial charge is 0.331 e. The maximum Gasteiger partial charge on any atom is 0.331 e. The summed E-state index contributed by atoms with van der Waals surface area (Å²) in [5.74, 6) is 1.55. The van der Waals surface area contributed by atoms with E-state index in [-0.39, 0.29) is 12.5 Å². The first kappa shape index (κ1) is 20.9. The molecular weight excluding hydrogens is 388 g/mol. The van der Waals surface area contributed by atoms with Crippen molar-refractivity contribution in [3.63, 3.8) is 0 Å². The van der Waals surface area contributed by atoms with Crippen LogP contribution in [0.1, 0.15) is 17.0 Å². The van der Waals surface area contributed by atoms with Gasteiger partial charge in [0.15, 0.2) is 18.1 Å². The highest BCUT2D eigenvalue weighted by atomic mass is 16.6. The number of nitrogens with zero attached hydrogens (tertiary/aromatic N) is 2. The summed E-state index contributed by atoms with van der Waals surface area (Å²) in [5, 5.41) is 3.94. The quantitative estimate of drug-likeness (QED) is 0.409. The van der Waals surface area contributed by atoms with Crippen LogP contribution in [0.5, 0.6) is 17.2 Å². The lowest BCUT2D eigenvalue weighted by Crippen LogP contribution is -2.01. The second-order valence-electron chi connectivity index (χ2n) is 6.23. The predicted octanol–water partition coefficient (Wildman–Crippen LogP) is 3.83. The molecule has 8 heteroatoms. The lowest BCUT2D eigenvalue weighted by Gasteiger charge is -2.12. The van der Waals surface area contributed by atoms with Crippen molar-refractivity contribution in [1.82, 2.24) is 10.1 Å². The zero-order chi connectivity index (χ0) is 21.5. The molecule has 0 saturated heterocycles. The van der Waals surface area contributed by atoms with Crippen LogP contribution in [0.15, 0.2) is 47.0 Å². The molecule has 0 bridgehead atoms. The van der Waals surface area contributed by atoms with Crippen LogP contribution in [0.25, 0.3) is 17.5 Å². The summed E-state index contributed by atoms with van der Waals surface area (Å²) in [6.45, 7) is 1.83. The van der Waals surface area contributed by atoms with Crippen molar-refractivity contribution in [2.24, 2.45) is 0 Å². The number of hydrogen-bond acceptors (Lipinski definition) is 8. The Balaban J connectivity index is 1.64. The number of ether oxygens (including phenoxy) is 4. The minimum absolute atomic E-state index is 0.128. The second kappa shape index (κ2) is 9.60. The highest BCUT2D eigenvalue weighted by Gasteiger charge is 2.13. The van der Waals surface area contributed by atoms with E-state index in [0.717, 1.165) is 11.1 Å². The molecule has 1 heterocycles. The Labute approximate surface area is 174 Å². The predicted molar refractivity (Wildman–Crippen MR) is 109 cm³/mol.